The Labute approximate surface area is 89.5 Å². The van der Waals surface area contributed by atoms with Gasteiger partial charge in [0.15, 0.2) is 14.9 Å². The lowest BCUT2D eigenvalue weighted by atomic mass is 10.2. The molecular formula is C9H15N2O3S. The van der Waals surface area contributed by atoms with Gasteiger partial charge in [-0.15, -0.1) is 0 Å². The van der Waals surface area contributed by atoms with Gasteiger partial charge in [0.25, 0.3) is 0 Å². The Morgan fingerprint density at radius 2 is 1.93 bits per heavy atom. The molecule has 0 aliphatic heterocycles. The van der Waals surface area contributed by atoms with Gasteiger partial charge in [-0.2, -0.15) is 0 Å². The minimum absolute atomic E-state index is 0.0761. The van der Waals surface area contributed by atoms with Gasteiger partial charge in [0.2, 0.25) is 0 Å². The smallest absolute Gasteiger partial charge is 0.195 e. The number of hydrogen-bond acceptors (Lipinski definition) is 3. The van der Waals surface area contributed by atoms with E-state index in [1.165, 1.54) is 12.5 Å². The molecule has 1 heterocycles. The van der Waals surface area contributed by atoms with Gasteiger partial charge in [-0.25, -0.2) is 18.5 Å². The number of rotatable bonds is 7. The second-order valence-corrected chi connectivity index (χ2v) is 5.43. The Morgan fingerprint density at radius 1 is 1.20 bits per heavy atom. The van der Waals surface area contributed by atoms with Crippen LogP contribution in [0.5, 0.6) is 0 Å². The van der Waals surface area contributed by atoms with Crippen molar-refractivity contribution in [2.45, 2.75) is 30.7 Å². The molecule has 0 bridgehead atoms. The van der Waals surface area contributed by atoms with Crippen LogP contribution in [0.2, 0.25) is 0 Å². The molecule has 0 amide bonds. The SMILES string of the molecule is [O]CCCCCCS(=O)(=O)c1cnc[nH]1. The van der Waals surface area contributed by atoms with Crippen LogP contribution in [0.3, 0.4) is 0 Å². The van der Waals surface area contributed by atoms with Crippen molar-refractivity contribution in [3.63, 3.8) is 0 Å². The maximum Gasteiger partial charge on any atom is 0.195 e. The van der Waals surface area contributed by atoms with Gasteiger partial charge in [-0.1, -0.05) is 12.8 Å². The Balaban J connectivity index is 2.32. The van der Waals surface area contributed by atoms with Crippen molar-refractivity contribution in [1.29, 1.82) is 0 Å². The fourth-order valence-corrected chi connectivity index (χ4v) is 2.53. The summed E-state index contributed by atoms with van der Waals surface area (Å²) in [6.07, 6.45) is 5.49. The van der Waals surface area contributed by atoms with Crippen LogP contribution in [0.4, 0.5) is 0 Å². The van der Waals surface area contributed by atoms with E-state index < -0.39 is 9.84 Å². The van der Waals surface area contributed by atoms with E-state index in [0.717, 1.165) is 12.8 Å². The van der Waals surface area contributed by atoms with Crippen molar-refractivity contribution < 1.29 is 13.5 Å². The molecule has 1 aromatic rings. The molecular weight excluding hydrogens is 216 g/mol. The lowest BCUT2D eigenvalue weighted by Crippen LogP contribution is -2.07. The maximum absolute atomic E-state index is 11.6. The first kappa shape index (κ1) is 12.2. The van der Waals surface area contributed by atoms with Crippen LogP contribution in [0, 0.1) is 0 Å². The lowest BCUT2D eigenvalue weighted by molar-refractivity contribution is 0.186. The van der Waals surface area contributed by atoms with Crippen LogP contribution in [-0.4, -0.2) is 30.7 Å². The molecule has 15 heavy (non-hydrogen) atoms. The average Bonchev–Trinajstić information content (AvgIpc) is 2.70. The van der Waals surface area contributed by atoms with Crippen LogP contribution in [0.1, 0.15) is 25.7 Å². The van der Waals surface area contributed by atoms with Crippen molar-refractivity contribution in [1.82, 2.24) is 9.97 Å². The van der Waals surface area contributed by atoms with Crippen LogP contribution in [0.15, 0.2) is 17.6 Å². The van der Waals surface area contributed by atoms with E-state index >= 15 is 0 Å². The lowest BCUT2D eigenvalue weighted by Gasteiger charge is -2.00. The van der Waals surface area contributed by atoms with E-state index in [2.05, 4.69) is 9.97 Å². The highest BCUT2D eigenvalue weighted by atomic mass is 32.2. The number of nitrogens with one attached hydrogen (secondary N) is 1. The second kappa shape index (κ2) is 5.87. The summed E-state index contributed by atoms with van der Waals surface area (Å²) in [4.78, 5) is 6.25. The maximum atomic E-state index is 11.6. The quantitative estimate of drug-likeness (QED) is 0.715. The summed E-state index contributed by atoms with van der Waals surface area (Å²) in [5.74, 6) is 0.119. The zero-order valence-electron chi connectivity index (χ0n) is 8.48. The molecule has 0 spiro atoms. The van der Waals surface area contributed by atoms with Crippen LogP contribution in [0.25, 0.3) is 0 Å². The minimum Gasteiger partial charge on any atom is -0.336 e. The molecule has 5 nitrogen and oxygen atoms in total. The fourth-order valence-electron chi connectivity index (χ4n) is 1.27. The van der Waals surface area contributed by atoms with Gasteiger partial charge >= 0.3 is 0 Å². The Hall–Kier alpha value is -0.880. The minimum atomic E-state index is -3.20. The van der Waals surface area contributed by atoms with E-state index in [1.54, 1.807) is 0 Å². The van der Waals surface area contributed by atoms with E-state index in [4.69, 9.17) is 0 Å². The number of nitrogens with zero attached hydrogens (tertiary/aromatic N) is 1. The van der Waals surface area contributed by atoms with Gasteiger partial charge in [0, 0.05) is 0 Å². The van der Waals surface area contributed by atoms with Crippen molar-refractivity contribution >= 4 is 9.84 Å². The molecule has 0 aliphatic carbocycles. The molecule has 0 saturated carbocycles. The molecule has 1 rings (SSSR count). The van der Waals surface area contributed by atoms with Gasteiger partial charge in [-0.05, 0) is 12.8 Å². The zero-order chi connectivity index (χ0) is 11.1. The third kappa shape index (κ3) is 4.01. The topological polar surface area (TPSA) is 82.7 Å². The van der Waals surface area contributed by atoms with Crippen LogP contribution >= 0.6 is 0 Å². The molecule has 0 atom stereocenters. The van der Waals surface area contributed by atoms with Gasteiger partial charge in [0.1, 0.15) is 0 Å². The normalized spacial score (nSPS) is 11.8. The molecule has 1 N–H and O–H groups in total. The third-order valence-corrected chi connectivity index (χ3v) is 3.84. The molecule has 85 valence electrons. The number of H-pyrrole nitrogens is 1. The van der Waals surface area contributed by atoms with Crippen molar-refractivity contribution in [2.75, 3.05) is 12.4 Å². The van der Waals surface area contributed by atoms with E-state index in [0.29, 0.717) is 12.8 Å². The molecule has 0 aromatic carbocycles. The predicted octanol–water partition coefficient (Wildman–Crippen LogP) is 1.17. The molecule has 0 fully saturated rings. The van der Waals surface area contributed by atoms with Crippen molar-refractivity contribution in [2.24, 2.45) is 0 Å². The summed E-state index contributed by atoms with van der Waals surface area (Å²) in [5, 5.41) is 10.3. The van der Waals surface area contributed by atoms with Crippen molar-refractivity contribution in [3.05, 3.63) is 12.5 Å². The monoisotopic (exact) mass is 231 g/mol. The second-order valence-electron chi connectivity index (χ2n) is 3.35. The molecule has 1 aromatic heterocycles. The number of aromatic amines is 1. The summed E-state index contributed by atoms with van der Waals surface area (Å²) in [6.45, 7) is -0.0761. The first-order valence-corrected chi connectivity index (χ1v) is 6.61. The summed E-state index contributed by atoms with van der Waals surface area (Å²) >= 11 is 0. The highest BCUT2D eigenvalue weighted by molar-refractivity contribution is 7.91. The van der Waals surface area contributed by atoms with Crippen LogP contribution < -0.4 is 0 Å². The van der Waals surface area contributed by atoms with E-state index in [9.17, 15) is 13.5 Å². The van der Waals surface area contributed by atoms with Gasteiger partial charge in [0.05, 0.1) is 24.9 Å². The standard InChI is InChI=1S/C9H15N2O3S/c12-5-3-1-2-4-6-15(13,14)9-7-10-8-11-9/h7-8H,1-6H2,(H,10,11). The predicted molar refractivity (Wildman–Crippen MR) is 54.7 cm³/mol. The largest absolute Gasteiger partial charge is 0.336 e. The van der Waals surface area contributed by atoms with E-state index in [-0.39, 0.29) is 17.4 Å². The number of imidazole rings is 1. The Bertz CT molecular complexity index is 359. The molecule has 6 heteroatoms. The van der Waals surface area contributed by atoms with Gasteiger partial charge < -0.3 is 4.98 Å². The number of sulfone groups is 1. The molecule has 0 saturated heterocycles. The molecule has 0 aliphatic rings. The number of aromatic nitrogens is 2. The molecule has 0 unspecified atom stereocenters. The highest BCUT2D eigenvalue weighted by Gasteiger charge is 2.14. The highest BCUT2D eigenvalue weighted by Crippen LogP contribution is 2.09. The average molecular weight is 231 g/mol. The summed E-state index contributed by atoms with van der Waals surface area (Å²) in [7, 11) is -3.20. The first-order valence-electron chi connectivity index (χ1n) is 4.96. The first-order chi connectivity index (χ1) is 7.17. The number of unbranched alkanes of at least 4 members (excludes halogenated alkanes) is 3. The number of hydrogen-bond donors (Lipinski definition) is 1. The van der Waals surface area contributed by atoms with Gasteiger partial charge in [-0.3, -0.25) is 0 Å². The summed E-state index contributed by atoms with van der Waals surface area (Å²) in [6, 6.07) is 0. The zero-order valence-corrected chi connectivity index (χ0v) is 9.29. The summed E-state index contributed by atoms with van der Waals surface area (Å²) < 4.78 is 23.2. The Kier molecular flexibility index (Phi) is 4.77. The Morgan fingerprint density at radius 3 is 2.53 bits per heavy atom. The summed E-state index contributed by atoms with van der Waals surface area (Å²) in [5.41, 5.74) is 0. The van der Waals surface area contributed by atoms with Crippen molar-refractivity contribution in [3.8, 4) is 0 Å². The third-order valence-electron chi connectivity index (χ3n) is 2.12. The fraction of sp³-hybridized carbons (Fsp3) is 0.667. The molecule has 1 radical (unpaired) electrons. The van der Waals surface area contributed by atoms with E-state index in [1.807, 2.05) is 0 Å². The van der Waals surface area contributed by atoms with Crippen LogP contribution in [-0.2, 0) is 14.9 Å².